The third-order valence-electron chi connectivity index (χ3n) is 5.53. The van der Waals surface area contributed by atoms with E-state index in [0.29, 0.717) is 6.54 Å². The first-order chi connectivity index (χ1) is 14.7. The van der Waals surface area contributed by atoms with Crippen LogP contribution in [0.5, 0.6) is 5.75 Å². The van der Waals surface area contributed by atoms with Crippen LogP contribution >= 0.6 is 11.3 Å². The van der Waals surface area contributed by atoms with Gasteiger partial charge in [-0.2, -0.15) is 0 Å². The average molecular weight is 421 g/mol. The standard InChI is InChI=1S/C25H28N2O2S/c1-29-21-13-11-19(12-14-21)18-26-24(28)23-17-22(20-9-5-4-6-10-20)25(30-23)27-15-7-2-3-8-16-27/h4-6,9-14,17H,2-3,7-8,15-16,18H2,1H3,(H,26,28). The minimum Gasteiger partial charge on any atom is -0.497 e. The lowest BCUT2D eigenvalue weighted by atomic mass is 10.1. The molecule has 1 N–H and O–H groups in total. The van der Waals surface area contributed by atoms with Crippen molar-refractivity contribution in [2.45, 2.75) is 32.2 Å². The Hall–Kier alpha value is -2.79. The van der Waals surface area contributed by atoms with Crippen molar-refractivity contribution < 1.29 is 9.53 Å². The number of anilines is 1. The number of thiophene rings is 1. The largest absolute Gasteiger partial charge is 0.497 e. The van der Waals surface area contributed by atoms with Gasteiger partial charge in [-0.25, -0.2) is 0 Å². The summed E-state index contributed by atoms with van der Waals surface area (Å²) in [5.74, 6) is 0.798. The molecule has 4 rings (SSSR count). The van der Waals surface area contributed by atoms with E-state index in [-0.39, 0.29) is 5.91 Å². The van der Waals surface area contributed by atoms with E-state index in [1.165, 1.54) is 36.2 Å². The highest BCUT2D eigenvalue weighted by molar-refractivity contribution is 7.18. The quantitative estimate of drug-likeness (QED) is 0.553. The number of methoxy groups -OCH3 is 1. The van der Waals surface area contributed by atoms with Gasteiger partial charge in [0.15, 0.2) is 0 Å². The highest BCUT2D eigenvalue weighted by Gasteiger charge is 2.21. The summed E-state index contributed by atoms with van der Waals surface area (Å²) in [6.45, 7) is 2.63. The Morgan fingerprint density at radius 2 is 1.70 bits per heavy atom. The lowest BCUT2D eigenvalue weighted by Gasteiger charge is -2.22. The Balaban J connectivity index is 1.55. The van der Waals surface area contributed by atoms with Crippen LogP contribution in [0.1, 0.15) is 40.9 Å². The first-order valence-corrected chi connectivity index (χ1v) is 11.4. The maximum absolute atomic E-state index is 12.9. The van der Waals surface area contributed by atoms with E-state index in [2.05, 4.69) is 40.5 Å². The number of rotatable bonds is 6. The molecule has 2 aromatic carbocycles. The zero-order valence-electron chi connectivity index (χ0n) is 17.4. The first kappa shape index (κ1) is 20.5. The minimum absolute atomic E-state index is 0.0194. The maximum atomic E-state index is 12.9. The van der Waals surface area contributed by atoms with Gasteiger partial charge in [0.25, 0.3) is 5.91 Å². The molecule has 2 heterocycles. The van der Waals surface area contributed by atoms with Crippen molar-refractivity contribution in [1.82, 2.24) is 5.32 Å². The minimum atomic E-state index is -0.0194. The van der Waals surface area contributed by atoms with Crippen molar-refractivity contribution in [3.63, 3.8) is 0 Å². The van der Waals surface area contributed by atoms with Crippen molar-refractivity contribution in [2.24, 2.45) is 0 Å². The fourth-order valence-corrected chi connectivity index (χ4v) is 4.99. The topological polar surface area (TPSA) is 41.6 Å². The van der Waals surface area contributed by atoms with E-state index in [1.807, 2.05) is 30.3 Å². The van der Waals surface area contributed by atoms with E-state index in [9.17, 15) is 4.79 Å². The van der Waals surface area contributed by atoms with Gasteiger partial charge in [-0.15, -0.1) is 11.3 Å². The maximum Gasteiger partial charge on any atom is 0.261 e. The average Bonchev–Trinajstić information content (AvgIpc) is 3.07. The number of nitrogens with zero attached hydrogens (tertiary/aromatic N) is 1. The molecule has 0 radical (unpaired) electrons. The number of carbonyl (C=O) groups is 1. The molecule has 1 aromatic heterocycles. The van der Waals surface area contributed by atoms with Gasteiger partial charge in [0.1, 0.15) is 5.75 Å². The van der Waals surface area contributed by atoms with Crippen molar-refractivity contribution in [3.05, 3.63) is 71.1 Å². The molecule has 1 fully saturated rings. The molecule has 0 atom stereocenters. The monoisotopic (exact) mass is 420 g/mol. The van der Waals surface area contributed by atoms with E-state index < -0.39 is 0 Å². The van der Waals surface area contributed by atoms with Crippen LogP contribution < -0.4 is 15.0 Å². The lowest BCUT2D eigenvalue weighted by Crippen LogP contribution is -2.23. The first-order valence-electron chi connectivity index (χ1n) is 10.6. The molecule has 0 bridgehead atoms. The fraction of sp³-hybridized carbons (Fsp3) is 0.320. The smallest absolute Gasteiger partial charge is 0.261 e. The highest BCUT2D eigenvalue weighted by atomic mass is 32.1. The van der Waals surface area contributed by atoms with Crippen LogP contribution in [0.15, 0.2) is 60.7 Å². The second-order valence-corrected chi connectivity index (χ2v) is 8.66. The van der Waals surface area contributed by atoms with Gasteiger partial charge >= 0.3 is 0 Å². The summed E-state index contributed by atoms with van der Waals surface area (Å²) in [5.41, 5.74) is 3.39. The van der Waals surface area contributed by atoms with Gasteiger partial charge in [-0.1, -0.05) is 55.3 Å². The van der Waals surface area contributed by atoms with E-state index in [1.54, 1.807) is 18.4 Å². The van der Waals surface area contributed by atoms with Gasteiger partial charge in [0.2, 0.25) is 0 Å². The number of hydrogen-bond donors (Lipinski definition) is 1. The van der Waals surface area contributed by atoms with Crippen LogP contribution in [0.25, 0.3) is 11.1 Å². The summed E-state index contributed by atoms with van der Waals surface area (Å²) in [5, 5.41) is 4.29. The number of amides is 1. The number of nitrogens with one attached hydrogen (secondary N) is 1. The van der Waals surface area contributed by atoms with E-state index in [0.717, 1.165) is 34.8 Å². The van der Waals surface area contributed by atoms with Gasteiger partial charge in [-0.05, 0) is 42.2 Å². The zero-order chi connectivity index (χ0) is 20.8. The summed E-state index contributed by atoms with van der Waals surface area (Å²) in [7, 11) is 1.65. The van der Waals surface area contributed by atoms with Gasteiger partial charge in [-0.3, -0.25) is 4.79 Å². The van der Waals surface area contributed by atoms with Crippen LogP contribution in [-0.2, 0) is 6.54 Å². The summed E-state index contributed by atoms with van der Waals surface area (Å²) in [6, 6.07) is 20.2. The Bertz CT molecular complexity index is 959. The molecular weight excluding hydrogens is 392 g/mol. The van der Waals surface area contributed by atoms with Crippen molar-refractivity contribution >= 4 is 22.2 Å². The molecule has 1 saturated heterocycles. The molecule has 1 aliphatic rings. The molecule has 0 unspecified atom stereocenters. The summed E-state index contributed by atoms with van der Waals surface area (Å²) < 4.78 is 5.20. The second kappa shape index (κ2) is 9.81. The summed E-state index contributed by atoms with van der Waals surface area (Å²) >= 11 is 1.61. The molecule has 1 amide bonds. The van der Waals surface area contributed by atoms with Crippen molar-refractivity contribution in [3.8, 4) is 16.9 Å². The Labute approximate surface area is 182 Å². The molecule has 156 valence electrons. The lowest BCUT2D eigenvalue weighted by molar-refractivity contribution is 0.0955. The van der Waals surface area contributed by atoms with Crippen molar-refractivity contribution in [2.75, 3.05) is 25.1 Å². The van der Waals surface area contributed by atoms with Gasteiger partial charge < -0.3 is 15.0 Å². The molecular formula is C25H28N2O2S. The third-order valence-corrected chi connectivity index (χ3v) is 6.72. The third kappa shape index (κ3) is 4.85. The summed E-state index contributed by atoms with van der Waals surface area (Å²) in [6.07, 6.45) is 5.01. The number of carbonyl (C=O) groups excluding carboxylic acids is 1. The Kier molecular flexibility index (Phi) is 6.70. The SMILES string of the molecule is COc1ccc(CNC(=O)c2cc(-c3ccccc3)c(N3CCCCCC3)s2)cc1. The van der Waals surface area contributed by atoms with Gasteiger partial charge in [0, 0.05) is 25.2 Å². The van der Waals surface area contributed by atoms with E-state index in [4.69, 9.17) is 4.74 Å². The summed E-state index contributed by atoms with van der Waals surface area (Å²) in [4.78, 5) is 16.2. The molecule has 30 heavy (non-hydrogen) atoms. The number of hydrogen-bond acceptors (Lipinski definition) is 4. The Morgan fingerprint density at radius 3 is 2.37 bits per heavy atom. The normalized spacial score (nSPS) is 14.2. The predicted octanol–water partition coefficient (Wildman–Crippen LogP) is 5.73. The predicted molar refractivity (Wildman–Crippen MR) is 125 cm³/mol. The molecule has 4 nitrogen and oxygen atoms in total. The van der Waals surface area contributed by atoms with E-state index >= 15 is 0 Å². The molecule has 5 heteroatoms. The van der Waals surface area contributed by atoms with Crippen LogP contribution in [0.3, 0.4) is 0 Å². The second-order valence-electron chi connectivity index (χ2n) is 7.63. The molecule has 0 spiro atoms. The highest BCUT2D eigenvalue weighted by Crippen LogP contribution is 2.40. The molecule has 1 aliphatic heterocycles. The van der Waals surface area contributed by atoms with Crippen LogP contribution in [0.2, 0.25) is 0 Å². The van der Waals surface area contributed by atoms with Crippen molar-refractivity contribution in [1.29, 1.82) is 0 Å². The molecule has 0 aliphatic carbocycles. The fourth-order valence-electron chi connectivity index (χ4n) is 3.84. The molecule has 3 aromatic rings. The number of benzene rings is 2. The number of ether oxygens (including phenoxy) is 1. The van der Waals surface area contributed by atoms with Crippen LogP contribution in [0.4, 0.5) is 5.00 Å². The van der Waals surface area contributed by atoms with Crippen LogP contribution in [0, 0.1) is 0 Å². The Morgan fingerprint density at radius 1 is 1.00 bits per heavy atom. The van der Waals surface area contributed by atoms with Gasteiger partial charge in [0.05, 0.1) is 17.0 Å². The van der Waals surface area contributed by atoms with Crippen LogP contribution in [-0.4, -0.2) is 26.1 Å². The zero-order valence-corrected chi connectivity index (χ0v) is 18.2. The molecule has 0 saturated carbocycles.